The summed E-state index contributed by atoms with van der Waals surface area (Å²) >= 11 is 0. The van der Waals surface area contributed by atoms with E-state index in [0.717, 1.165) is 11.5 Å². The maximum atomic E-state index is 9.32. The summed E-state index contributed by atoms with van der Waals surface area (Å²) in [7, 11) is 0. The van der Waals surface area contributed by atoms with Gasteiger partial charge in [0.2, 0.25) is 0 Å². The van der Waals surface area contributed by atoms with Crippen molar-refractivity contribution in [1.29, 1.82) is 0 Å². The largest absolute Gasteiger partial charge is 0.394 e. The summed E-state index contributed by atoms with van der Waals surface area (Å²) in [5, 5.41) is 9.32. The van der Waals surface area contributed by atoms with Crippen molar-refractivity contribution in [2.24, 2.45) is 5.84 Å². The number of anilines is 2. The number of nitrogens with one attached hydrogen (secondary N) is 1. The van der Waals surface area contributed by atoms with Crippen LogP contribution in [0.2, 0.25) is 0 Å². The molecule has 20 heavy (non-hydrogen) atoms. The van der Waals surface area contributed by atoms with Gasteiger partial charge in [0.1, 0.15) is 0 Å². The molecule has 2 aromatic rings. The van der Waals surface area contributed by atoms with Crippen LogP contribution < -0.4 is 16.2 Å². The minimum absolute atomic E-state index is 0.0135. The summed E-state index contributed by atoms with van der Waals surface area (Å²) in [6.45, 7) is 3.23. The lowest BCUT2D eigenvalue weighted by atomic mass is 10.2. The van der Waals surface area contributed by atoms with Gasteiger partial charge in [-0.3, -0.25) is 0 Å². The van der Waals surface area contributed by atoms with Crippen LogP contribution in [0.5, 0.6) is 0 Å². The Morgan fingerprint density at radius 2 is 2.40 bits per heavy atom. The predicted molar refractivity (Wildman–Crippen MR) is 74.4 cm³/mol. The van der Waals surface area contributed by atoms with E-state index in [-0.39, 0.29) is 18.8 Å². The maximum Gasteiger partial charge on any atom is 0.180 e. The number of nitrogens with two attached hydrogens (primary N) is 1. The minimum atomic E-state index is -0.218. The van der Waals surface area contributed by atoms with Crippen molar-refractivity contribution >= 4 is 17.3 Å². The van der Waals surface area contributed by atoms with Crippen molar-refractivity contribution in [3.05, 3.63) is 18.6 Å². The van der Waals surface area contributed by atoms with Gasteiger partial charge in [-0.2, -0.15) is 0 Å². The second kappa shape index (κ2) is 5.23. The molecule has 1 aliphatic rings. The van der Waals surface area contributed by atoms with Gasteiger partial charge in [-0.1, -0.05) is 0 Å². The number of ether oxygens (including phenoxy) is 1. The van der Waals surface area contributed by atoms with Gasteiger partial charge in [-0.15, -0.1) is 0 Å². The highest BCUT2D eigenvalue weighted by Crippen LogP contribution is 2.24. The molecule has 1 saturated heterocycles. The quantitative estimate of drug-likeness (QED) is 0.519. The fourth-order valence-electron chi connectivity index (χ4n) is 2.52. The van der Waals surface area contributed by atoms with Gasteiger partial charge in [-0.25, -0.2) is 15.8 Å². The second-order valence-electron chi connectivity index (χ2n) is 4.91. The van der Waals surface area contributed by atoms with Gasteiger partial charge in [0.05, 0.1) is 25.0 Å². The molecule has 0 aromatic carbocycles. The third kappa shape index (κ3) is 2.28. The van der Waals surface area contributed by atoms with Crippen molar-refractivity contribution in [1.82, 2.24) is 14.4 Å². The zero-order chi connectivity index (χ0) is 14.1. The van der Waals surface area contributed by atoms with Crippen LogP contribution in [0.25, 0.3) is 5.65 Å². The van der Waals surface area contributed by atoms with E-state index in [9.17, 15) is 5.11 Å². The first kappa shape index (κ1) is 13.1. The van der Waals surface area contributed by atoms with Gasteiger partial charge in [0.15, 0.2) is 17.3 Å². The number of rotatable bonds is 3. The summed E-state index contributed by atoms with van der Waals surface area (Å²) in [5.41, 5.74) is 3.32. The number of nitrogen functional groups attached to an aromatic ring is 1. The topological polar surface area (TPSA) is 101 Å². The molecule has 108 valence electrons. The van der Waals surface area contributed by atoms with E-state index >= 15 is 0 Å². The zero-order valence-corrected chi connectivity index (χ0v) is 11.2. The first-order valence-electron chi connectivity index (χ1n) is 6.53. The van der Waals surface area contributed by atoms with Gasteiger partial charge in [0, 0.05) is 25.5 Å². The molecule has 1 fully saturated rings. The second-order valence-corrected chi connectivity index (χ2v) is 4.91. The van der Waals surface area contributed by atoms with Crippen LogP contribution in [0.1, 0.15) is 6.92 Å². The molecule has 4 N–H and O–H groups in total. The van der Waals surface area contributed by atoms with E-state index in [1.54, 1.807) is 12.4 Å². The molecule has 1 aliphatic heterocycles. The van der Waals surface area contributed by atoms with Crippen LogP contribution in [0.15, 0.2) is 18.6 Å². The van der Waals surface area contributed by atoms with Crippen molar-refractivity contribution < 1.29 is 9.84 Å². The summed E-state index contributed by atoms with van der Waals surface area (Å²) in [4.78, 5) is 10.9. The highest BCUT2D eigenvalue weighted by atomic mass is 16.5. The molecule has 0 bridgehead atoms. The number of hydrogen-bond donors (Lipinski definition) is 3. The Bertz CT molecular complexity index is 601. The zero-order valence-electron chi connectivity index (χ0n) is 11.2. The van der Waals surface area contributed by atoms with Gasteiger partial charge in [0.25, 0.3) is 0 Å². The lowest BCUT2D eigenvalue weighted by Gasteiger charge is -2.36. The molecule has 2 aromatic heterocycles. The van der Waals surface area contributed by atoms with Crippen molar-refractivity contribution in [2.75, 3.05) is 30.0 Å². The molecule has 0 spiro atoms. The number of aromatic nitrogens is 3. The molecule has 8 nitrogen and oxygen atoms in total. The monoisotopic (exact) mass is 278 g/mol. The standard InChI is InChI=1S/C12H18N6O2/c1-8-4-18(5-9(7-19)20-8)12-11-14-2-3-17(11)6-10(15-12)16-13/h2-3,6,8-9,16,19H,4-5,7,13H2,1H3. The van der Waals surface area contributed by atoms with E-state index in [1.807, 2.05) is 17.5 Å². The van der Waals surface area contributed by atoms with E-state index in [2.05, 4.69) is 20.3 Å². The van der Waals surface area contributed by atoms with Crippen LogP contribution >= 0.6 is 0 Å². The highest BCUT2D eigenvalue weighted by Gasteiger charge is 2.27. The van der Waals surface area contributed by atoms with Gasteiger partial charge >= 0.3 is 0 Å². The third-order valence-corrected chi connectivity index (χ3v) is 3.33. The van der Waals surface area contributed by atoms with Gasteiger partial charge < -0.3 is 24.6 Å². The Balaban J connectivity index is 2.01. The predicted octanol–water partition coefficient (Wildman–Crippen LogP) is -0.399. The molecule has 3 heterocycles. The van der Waals surface area contributed by atoms with E-state index in [1.165, 1.54) is 0 Å². The molecular formula is C12H18N6O2. The highest BCUT2D eigenvalue weighted by molar-refractivity contribution is 5.67. The summed E-state index contributed by atoms with van der Waals surface area (Å²) in [6, 6.07) is 0. The number of morpholine rings is 1. The molecule has 2 unspecified atom stereocenters. The van der Waals surface area contributed by atoms with Crippen molar-refractivity contribution in [2.45, 2.75) is 19.1 Å². The molecule has 0 amide bonds. The number of aliphatic hydroxyl groups is 1. The first-order chi connectivity index (χ1) is 9.71. The fourth-order valence-corrected chi connectivity index (χ4v) is 2.52. The van der Waals surface area contributed by atoms with Crippen LogP contribution in [-0.2, 0) is 4.74 Å². The van der Waals surface area contributed by atoms with Crippen molar-refractivity contribution in [3.63, 3.8) is 0 Å². The van der Waals surface area contributed by atoms with Crippen LogP contribution in [-0.4, -0.2) is 51.4 Å². The van der Waals surface area contributed by atoms with Crippen LogP contribution in [0.3, 0.4) is 0 Å². The van der Waals surface area contributed by atoms with Crippen molar-refractivity contribution in [3.8, 4) is 0 Å². The average molecular weight is 278 g/mol. The third-order valence-electron chi connectivity index (χ3n) is 3.33. The van der Waals surface area contributed by atoms with Crippen LogP contribution in [0, 0.1) is 0 Å². The molecular weight excluding hydrogens is 260 g/mol. The summed E-state index contributed by atoms with van der Waals surface area (Å²) < 4.78 is 7.52. The average Bonchev–Trinajstić information content (AvgIpc) is 2.93. The Labute approximate surface area is 116 Å². The summed E-state index contributed by atoms with van der Waals surface area (Å²) in [5.74, 6) is 6.75. The lowest BCUT2D eigenvalue weighted by molar-refractivity contribution is -0.0422. The van der Waals surface area contributed by atoms with E-state index < -0.39 is 0 Å². The van der Waals surface area contributed by atoms with E-state index in [4.69, 9.17) is 10.6 Å². The minimum Gasteiger partial charge on any atom is -0.394 e. The Hall–Kier alpha value is -1.90. The van der Waals surface area contributed by atoms with E-state index in [0.29, 0.717) is 18.9 Å². The molecule has 8 heteroatoms. The number of hydrazine groups is 1. The number of aliphatic hydroxyl groups excluding tert-OH is 1. The molecule has 0 saturated carbocycles. The fraction of sp³-hybridized carbons (Fsp3) is 0.500. The number of nitrogens with zero attached hydrogens (tertiary/aromatic N) is 4. The summed E-state index contributed by atoms with van der Waals surface area (Å²) in [6.07, 6.45) is 5.14. The SMILES string of the molecule is CC1CN(c2nc(NN)cn3ccnc23)CC(CO)O1. The Morgan fingerprint density at radius 3 is 3.15 bits per heavy atom. The first-order valence-corrected chi connectivity index (χ1v) is 6.53. The molecule has 3 rings (SSSR count). The maximum absolute atomic E-state index is 9.32. The molecule has 0 radical (unpaired) electrons. The normalized spacial score (nSPS) is 23.2. The Morgan fingerprint density at radius 1 is 1.55 bits per heavy atom. The molecule has 0 aliphatic carbocycles. The van der Waals surface area contributed by atoms with Gasteiger partial charge in [-0.05, 0) is 6.92 Å². The smallest absolute Gasteiger partial charge is 0.180 e. The Kier molecular flexibility index (Phi) is 3.43. The van der Waals surface area contributed by atoms with Crippen LogP contribution in [0.4, 0.5) is 11.6 Å². The number of imidazole rings is 1. The number of fused-ring (bicyclic) bond motifs is 1. The number of hydrogen-bond acceptors (Lipinski definition) is 7. The lowest BCUT2D eigenvalue weighted by Crippen LogP contribution is -2.48. The molecule has 2 atom stereocenters.